The van der Waals surface area contributed by atoms with Gasteiger partial charge in [0.15, 0.2) is 11.6 Å². The number of hydrazine groups is 1. The maximum absolute atomic E-state index is 15.2. The van der Waals surface area contributed by atoms with Crippen LogP contribution in [0, 0.1) is 5.41 Å². The summed E-state index contributed by atoms with van der Waals surface area (Å²) in [5.41, 5.74) is 6.03. The molecule has 62 heavy (non-hydrogen) atoms. The van der Waals surface area contributed by atoms with E-state index in [-0.39, 0.29) is 24.4 Å². The molecule has 0 saturated carbocycles. The second-order valence-electron chi connectivity index (χ2n) is 16.0. The van der Waals surface area contributed by atoms with Gasteiger partial charge in [0.2, 0.25) is 17.7 Å². The van der Waals surface area contributed by atoms with Crippen molar-refractivity contribution in [2.75, 3.05) is 65.7 Å². The first kappa shape index (κ1) is 43.0. The fraction of sp³-hybridized carbons (Fsp3) is 0.500. The van der Waals surface area contributed by atoms with Gasteiger partial charge in [0, 0.05) is 72.1 Å². The third-order valence-electron chi connectivity index (χ3n) is 12.3. The van der Waals surface area contributed by atoms with Crippen LogP contribution in [0.2, 0.25) is 0 Å². The van der Waals surface area contributed by atoms with Crippen molar-refractivity contribution in [3.05, 3.63) is 81.9 Å². The molecule has 3 fully saturated rings. The number of alkyl halides is 2. The minimum absolute atomic E-state index is 0.182. The summed E-state index contributed by atoms with van der Waals surface area (Å²) in [4.78, 5) is 57.4. The van der Waals surface area contributed by atoms with Crippen molar-refractivity contribution in [1.82, 2.24) is 40.0 Å². The number of nitrogens with two attached hydrogens (primary N) is 1. The lowest BCUT2D eigenvalue weighted by molar-refractivity contribution is -0.138. The number of aliphatic imine (C=N–C) groups is 1. The molecule has 3 atom stereocenters. The number of hydrogen-bond donors (Lipinski definition) is 4. The zero-order chi connectivity index (χ0) is 43.4. The van der Waals surface area contributed by atoms with Gasteiger partial charge in [0.05, 0.1) is 43.3 Å². The molecule has 8 rings (SSSR count). The summed E-state index contributed by atoms with van der Waals surface area (Å²) < 4.78 is 45.2. The van der Waals surface area contributed by atoms with Gasteiger partial charge in [-0.05, 0) is 48.1 Å². The molecule has 2 aromatic carbocycles. The van der Waals surface area contributed by atoms with E-state index < -0.39 is 47.9 Å². The number of para-hydroxylation sites is 1. The van der Waals surface area contributed by atoms with Gasteiger partial charge in [0.25, 0.3) is 6.43 Å². The van der Waals surface area contributed by atoms with Gasteiger partial charge in [-0.3, -0.25) is 33.8 Å². The monoisotopic (exact) mass is 858 g/mol. The number of piperazine rings is 1. The van der Waals surface area contributed by atoms with Crippen molar-refractivity contribution in [2.45, 2.75) is 56.4 Å². The Morgan fingerprint density at radius 2 is 1.74 bits per heavy atom. The van der Waals surface area contributed by atoms with E-state index in [1.54, 1.807) is 46.3 Å². The number of nitrogens with one attached hydrogen (secondary N) is 3. The fourth-order valence-electron chi connectivity index (χ4n) is 9.08. The van der Waals surface area contributed by atoms with Crippen LogP contribution in [-0.4, -0.2) is 138 Å². The SMILES string of the molecule is Cn1c(=O)n(C2CCC(=O)NC2=O)c2cccc(CCCOCCOCCNCc3ccccc3C3(N4CC(C(N)=O)(C(F)F)C5N=C(N6CCNCC6)C=CN54)C=NN=C3)c21. The molecular formula is C42H52F2N12O6. The zero-order valence-corrected chi connectivity index (χ0v) is 34.5. The van der Waals surface area contributed by atoms with E-state index in [9.17, 15) is 19.2 Å². The lowest BCUT2D eigenvalue weighted by Gasteiger charge is -2.42. The number of primary amides is 1. The molecule has 0 aliphatic carbocycles. The quantitative estimate of drug-likeness (QED) is 0.110. The molecule has 3 unspecified atom stereocenters. The molecule has 1 aromatic heterocycles. The van der Waals surface area contributed by atoms with E-state index in [1.165, 1.54) is 4.57 Å². The summed E-state index contributed by atoms with van der Waals surface area (Å²) in [5, 5.41) is 20.7. The summed E-state index contributed by atoms with van der Waals surface area (Å²) in [6.45, 7) is 4.96. The van der Waals surface area contributed by atoms with Crippen molar-refractivity contribution in [3.8, 4) is 0 Å². The number of amidine groups is 1. The molecule has 0 spiro atoms. The first-order valence-electron chi connectivity index (χ1n) is 21.0. The molecule has 0 radical (unpaired) electrons. The number of aromatic nitrogens is 2. The number of nitrogens with zero attached hydrogens (tertiary/aromatic N) is 8. The number of benzene rings is 2. The molecule has 3 saturated heterocycles. The fourth-order valence-corrected chi connectivity index (χ4v) is 9.08. The maximum atomic E-state index is 15.2. The van der Waals surface area contributed by atoms with E-state index in [2.05, 4.69) is 26.2 Å². The Balaban J connectivity index is 0.833. The van der Waals surface area contributed by atoms with Crippen molar-refractivity contribution in [2.24, 2.45) is 33.4 Å². The maximum Gasteiger partial charge on any atom is 0.329 e. The van der Waals surface area contributed by atoms with E-state index in [1.807, 2.05) is 47.4 Å². The molecule has 3 aromatic rings. The van der Waals surface area contributed by atoms with Crippen molar-refractivity contribution >= 4 is 47.0 Å². The van der Waals surface area contributed by atoms with Gasteiger partial charge in [-0.2, -0.15) is 15.2 Å². The number of piperidine rings is 1. The smallest absolute Gasteiger partial charge is 0.329 e. The number of aryl methyl sites for hydroxylation is 2. The number of carbonyl (C=O) groups is 3. The van der Waals surface area contributed by atoms with E-state index in [4.69, 9.17) is 20.2 Å². The molecule has 5 aliphatic rings. The standard InChI is InChI=1S/C42H52F2N12O6/c1-52-35-28(7-4-10-31(35)56(40(52)60)32-11-12-34(57)51-36(32)58)8-5-20-61-22-23-62-21-16-47-24-29-6-2-3-9-30(29)41(25-48-49-26-41)55-27-42(37(43)44,38(45)59)39-50-33(13-17-54(39)55)53-18-14-46-15-19-53/h2-4,6-7,9-10,13,17,25-26,32,37,39,46-47H,5,8,11-12,14-16,18-24,27H2,1H3,(H2,45,59)(H,51,57,58). The highest BCUT2D eigenvalue weighted by molar-refractivity contribution is 6.01. The van der Waals surface area contributed by atoms with Crippen LogP contribution >= 0.6 is 0 Å². The highest BCUT2D eigenvalue weighted by Gasteiger charge is 2.65. The summed E-state index contributed by atoms with van der Waals surface area (Å²) in [6.07, 6.45) is 4.13. The third kappa shape index (κ3) is 7.96. The highest BCUT2D eigenvalue weighted by Crippen LogP contribution is 2.48. The van der Waals surface area contributed by atoms with E-state index >= 15 is 8.78 Å². The Morgan fingerprint density at radius 3 is 2.48 bits per heavy atom. The van der Waals surface area contributed by atoms with Gasteiger partial charge in [-0.1, -0.05) is 36.4 Å². The molecule has 5 N–H and O–H groups in total. The Hall–Kier alpha value is -5.67. The van der Waals surface area contributed by atoms with Crippen LogP contribution in [0.3, 0.4) is 0 Å². The predicted molar refractivity (Wildman–Crippen MR) is 226 cm³/mol. The number of fused-ring (bicyclic) bond motifs is 2. The van der Waals surface area contributed by atoms with Crippen LogP contribution in [0.25, 0.3) is 11.0 Å². The zero-order valence-electron chi connectivity index (χ0n) is 34.5. The number of halogens is 2. The first-order chi connectivity index (χ1) is 30.1. The van der Waals surface area contributed by atoms with E-state index in [0.29, 0.717) is 76.8 Å². The number of ether oxygens (including phenoxy) is 2. The second kappa shape index (κ2) is 18.4. The molecule has 18 nitrogen and oxygen atoms in total. The van der Waals surface area contributed by atoms with Crippen LogP contribution in [-0.2, 0) is 49.4 Å². The normalized spacial score (nSPS) is 23.5. The predicted octanol–water partition coefficient (Wildman–Crippen LogP) is 0.765. The molecule has 0 bridgehead atoms. The van der Waals surface area contributed by atoms with Crippen molar-refractivity contribution < 1.29 is 32.6 Å². The molecular weight excluding hydrogens is 807 g/mol. The van der Waals surface area contributed by atoms with Gasteiger partial charge in [-0.15, -0.1) is 0 Å². The number of imidazole rings is 1. The number of hydrogen-bond acceptors (Lipinski definition) is 14. The van der Waals surface area contributed by atoms with Crippen LogP contribution in [0.15, 0.2) is 74.7 Å². The van der Waals surface area contributed by atoms with Crippen molar-refractivity contribution in [1.29, 1.82) is 0 Å². The van der Waals surface area contributed by atoms with Gasteiger partial charge < -0.3 is 30.7 Å². The average molecular weight is 859 g/mol. The number of rotatable bonds is 17. The van der Waals surface area contributed by atoms with Crippen LogP contribution in [0.5, 0.6) is 0 Å². The van der Waals surface area contributed by atoms with Gasteiger partial charge in [-0.25, -0.2) is 18.6 Å². The minimum atomic E-state index is -3.10. The summed E-state index contributed by atoms with van der Waals surface area (Å²) >= 11 is 0. The summed E-state index contributed by atoms with van der Waals surface area (Å²) in [7, 11) is 1.69. The Morgan fingerprint density at radius 1 is 1.00 bits per heavy atom. The van der Waals surface area contributed by atoms with Crippen LogP contribution in [0.1, 0.15) is 42.0 Å². The topological polar surface area (TPSA) is 206 Å². The Bertz CT molecular complexity index is 2340. The number of imide groups is 1. The van der Waals surface area contributed by atoms with Crippen LogP contribution < -0.4 is 27.4 Å². The van der Waals surface area contributed by atoms with Gasteiger partial charge >= 0.3 is 5.69 Å². The second-order valence-corrected chi connectivity index (χ2v) is 16.0. The van der Waals surface area contributed by atoms with Crippen molar-refractivity contribution in [3.63, 3.8) is 0 Å². The Labute approximate surface area is 356 Å². The summed E-state index contributed by atoms with van der Waals surface area (Å²) in [5.74, 6) is -1.39. The Kier molecular flexibility index (Phi) is 12.7. The number of amides is 3. The first-order valence-corrected chi connectivity index (χ1v) is 21.0. The average Bonchev–Trinajstić information content (AvgIpc) is 3.97. The number of carbonyl (C=O) groups excluding carboxylic acids is 3. The molecule has 20 heteroatoms. The minimum Gasteiger partial charge on any atom is -0.379 e. The lowest BCUT2D eigenvalue weighted by atomic mass is 9.83. The third-order valence-corrected chi connectivity index (χ3v) is 12.3. The summed E-state index contributed by atoms with van der Waals surface area (Å²) in [6, 6.07) is 12.5. The molecule has 3 amide bonds. The molecule has 330 valence electrons. The van der Waals surface area contributed by atoms with Crippen LogP contribution in [0.4, 0.5) is 8.78 Å². The van der Waals surface area contributed by atoms with E-state index in [0.717, 1.165) is 35.3 Å². The molecule has 6 heterocycles. The highest BCUT2D eigenvalue weighted by atomic mass is 19.3. The largest absolute Gasteiger partial charge is 0.379 e. The molecule has 5 aliphatic heterocycles. The lowest BCUT2D eigenvalue weighted by Crippen LogP contribution is -2.55. The van der Waals surface area contributed by atoms with Gasteiger partial charge in [0.1, 0.15) is 17.4 Å².